The minimum atomic E-state index is -0.354. The highest BCUT2D eigenvalue weighted by Crippen LogP contribution is 2.38. The van der Waals surface area contributed by atoms with Crippen LogP contribution in [0.1, 0.15) is 62.5 Å². The van der Waals surface area contributed by atoms with Crippen LogP contribution in [0.3, 0.4) is 0 Å². The van der Waals surface area contributed by atoms with E-state index in [2.05, 4.69) is 47.7 Å². The highest BCUT2D eigenvalue weighted by atomic mass is 16.5. The Hall–Kier alpha value is -3.14. The van der Waals surface area contributed by atoms with Crippen LogP contribution in [0, 0.1) is 5.92 Å². The zero-order valence-electron chi connectivity index (χ0n) is 19.7. The number of carbonyl (C=O) groups excluding carboxylic acids is 2. The fourth-order valence-corrected chi connectivity index (χ4v) is 4.41. The van der Waals surface area contributed by atoms with Crippen molar-refractivity contribution >= 4 is 18.0 Å². The molecule has 1 fully saturated rings. The molecule has 0 amide bonds. The van der Waals surface area contributed by atoms with Crippen molar-refractivity contribution in [1.29, 1.82) is 0 Å². The van der Waals surface area contributed by atoms with Gasteiger partial charge in [0.25, 0.3) is 0 Å². The predicted molar refractivity (Wildman–Crippen MR) is 133 cm³/mol. The van der Waals surface area contributed by atoms with Crippen molar-refractivity contribution in [2.24, 2.45) is 5.92 Å². The summed E-state index contributed by atoms with van der Waals surface area (Å²) in [6.45, 7) is 5.79. The molecule has 0 N–H and O–H groups in total. The summed E-state index contributed by atoms with van der Waals surface area (Å²) < 4.78 is 9.83. The Morgan fingerprint density at radius 1 is 0.970 bits per heavy atom. The molecule has 0 unspecified atom stereocenters. The van der Waals surface area contributed by atoms with Crippen LogP contribution in [-0.2, 0) is 19.1 Å². The molecule has 1 aliphatic rings. The van der Waals surface area contributed by atoms with E-state index in [9.17, 15) is 9.59 Å². The summed E-state index contributed by atoms with van der Waals surface area (Å²) in [6.07, 6.45) is 10.2. The zero-order chi connectivity index (χ0) is 23.6. The van der Waals surface area contributed by atoms with Crippen LogP contribution in [0.25, 0.3) is 17.2 Å². The van der Waals surface area contributed by atoms with E-state index >= 15 is 0 Å². The maximum absolute atomic E-state index is 11.4. The molecule has 0 aromatic heterocycles. The number of ether oxygens (including phenoxy) is 2. The van der Waals surface area contributed by atoms with Crippen LogP contribution in [0.5, 0.6) is 0 Å². The first-order valence-electron chi connectivity index (χ1n) is 11.8. The van der Waals surface area contributed by atoms with Crippen LogP contribution in [0.15, 0.2) is 66.8 Å². The number of hydrogen-bond acceptors (Lipinski definition) is 4. The van der Waals surface area contributed by atoms with Crippen molar-refractivity contribution in [1.82, 2.24) is 0 Å². The smallest absolute Gasteiger partial charge is 0.333 e. The molecule has 0 radical (unpaired) electrons. The lowest BCUT2D eigenvalue weighted by atomic mass is 9.77. The predicted octanol–water partition coefficient (Wildman–Crippen LogP) is 6.71. The summed E-state index contributed by atoms with van der Waals surface area (Å²) in [5.74, 6) is 0.722. The molecule has 0 bridgehead atoms. The van der Waals surface area contributed by atoms with Gasteiger partial charge in [-0.05, 0) is 85.6 Å². The molecule has 2 aromatic carbocycles. The van der Waals surface area contributed by atoms with Crippen LogP contribution in [-0.4, -0.2) is 25.7 Å². The second kappa shape index (κ2) is 12.2. The maximum atomic E-state index is 11.4. The topological polar surface area (TPSA) is 52.6 Å². The van der Waals surface area contributed by atoms with Crippen molar-refractivity contribution < 1.29 is 19.1 Å². The van der Waals surface area contributed by atoms with Crippen molar-refractivity contribution in [2.45, 2.75) is 51.4 Å². The third-order valence-corrected chi connectivity index (χ3v) is 6.42. The minimum absolute atomic E-state index is 0.284. The number of carbonyl (C=O) groups is 2. The molecule has 0 atom stereocenters. The van der Waals surface area contributed by atoms with Gasteiger partial charge in [0, 0.05) is 11.6 Å². The van der Waals surface area contributed by atoms with Gasteiger partial charge in [0.1, 0.15) is 0 Å². The van der Waals surface area contributed by atoms with Crippen LogP contribution < -0.4 is 0 Å². The SMILES string of the molecule is C=C(C)C(=O)OCCCC1CCC(c2ccc(-c3ccc(C=CC(=O)OC)cc3)cc2)CC1. The van der Waals surface area contributed by atoms with Crippen molar-refractivity contribution in [3.05, 3.63) is 77.9 Å². The van der Waals surface area contributed by atoms with E-state index in [1.165, 1.54) is 50.0 Å². The molecule has 33 heavy (non-hydrogen) atoms. The molecular formula is C29H34O4. The monoisotopic (exact) mass is 446 g/mol. The fourth-order valence-electron chi connectivity index (χ4n) is 4.41. The van der Waals surface area contributed by atoms with E-state index in [0.717, 1.165) is 29.9 Å². The lowest BCUT2D eigenvalue weighted by Crippen LogP contribution is -2.14. The summed E-state index contributed by atoms with van der Waals surface area (Å²) in [4.78, 5) is 22.7. The second-order valence-electron chi connectivity index (χ2n) is 8.88. The van der Waals surface area contributed by atoms with Crippen molar-refractivity contribution in [3.8, 4) is 11.1 Å². The largest absolute Gasteiger partial charge is 0.466 e. The average Bonchev–Trinajstić information content (AvgIpc) is 2.85. The van der Waals surface area contributed by atoms with E-state index in [-0.39, 0.29) is 11.9 Å². The first-order chi connectivity index (χ1) is 16.0. The fraction of sp³-hybridized carbons (Fsp3) is 0.379. The number of rotatable bonds is 9. The molecule has 0 spiro atoms. The third-order valence-electron chi connectivity index (χ3n) is 6.42. The molecule has 2 aromatic rings. The van der Waals surface area contributed by atoms with E-state index in [1.807, 2.05) is 12.1 Å². The first-order valence-corrected chi connectivity index (χ1v) is 11.8. The summed E-state index contributed by atoms with van der Waals surface area (Å²) >= 11 is 0. The Morgan fingerprint density at radius 2 is 1.58 bits per heavy atom. The normalized spacial score (nSPS) is 18.1. The lowest BCUT2D eigenvalue weighted by molar-refractivity contribution is -0.139. The Kier molecular flexibility index (Phi) is 9.05. The summed E-state index contributed by atoms with van der Waals surface area (Å²) in [5.41, 5.74) is 5.20. The van der Waals surface area contributed by atoms with Gasteiger partial charge in [-0.3, -0.25) is 0 Å². The molecule has 4 nitrogen and oxygen atoms in total. The van der Waals surface area contributed by atoms with Gasteiger partial charge in [-0.2, -0.15) is 0 Å². The summed E-state index contributed by atoms with van der Waals surface area (Å²) in [7, 11) is 1.37. The minimum Gasteiger partial charge on any atom is -0.466 e. The van der Waals surface area contributed by atoms with Crippen LogP contribution in [0.2, 0.25) is 0 Å². The molecule has 0 heterocycles. The standard InChI is InChI=1S/C29H34O4/c1-21(2)29(31)33-20-4-5-22-6-11-24(12-7-22)26-15-17-27(18-16-26)25-13-8-23(9-14-25)10-19-28(30)32-3/h8-10,13-19,22,24H,1,4-7,11-12,20H2,2-3H3. The van der Waals surface area contributed by atoms with Gasteiger partial charge in [0.2, 0.25) is 0 Å². The number of benzene rings is 2. The lowest BCUT2D eigenvalue weighted by Gasteiger charge is -2.29. The first kappa shape index (κ1) is 24.5. The summed E-state index contributed by atoms with van der Waals surface area (Å²) in [5, 5.41) is 0. The molecule has 1 saturated carbocycles. The highest BCUT2D eigenvalue weighted by Gasteiger charge is 2.22. The Bertz CT molecular complexity index is 962. The highest BCUT2D eigenvalue weighted by molar-refractivity contribution is 5.87. The number of methoxy groups -OCH3 is 1. The number of hydrogen-bond donors (Lipinski definition) is 0. The molecule has 3 rings (SSSR count). The quantitative estimate of drug-likeness (QED) is 0.244. The van der Waals surface area contributed by atoms with Crippen molar-refractivity contribution in [2.75, 3.05) is 13.7 Å². The maximum Gasteiger partial charge on any atom is 0.333 e. The van der Waals surface area contributed by atoms with Gasteiger partial charge >= 0.3 is 11.9 Å². The van der Waals surface area contributed by atoms with Gasteiger partial charge < -0.3 is 9.47 Å². The van der Waals surface area contributed by atoms with E-state index < -0.39 is 0 Å². The van der Waals surface area contributed by atoms with E-state index in [1.54, 1.807) is 13.0 Å². The molecule has 0 saturated heterocycles. The molecule has 4 heteroatoms. The Balaban J connectivity index is 1.46. The third kappa shape index (κ3) is 7.45. The molecule has 0 aliphatic heterocycles. The van der Waals surface area contributed by atoms with Crippen molar-refractivity contribution in [3.63, 3.8) is 0 Å². The average molecular weight is 447 g/mol. The number of esters is 2. The zero-order valence-corrected chi connectivity index (χ0v) is 19.7. The van der Waals surface area contributed by atoms with Gasteiger partial charge in [-0.25, -0.2) is 9.59 Å². The van der Waals surface area contributed by atoms with Gasteiger partial charge in [-0.1, -0.05) is 55.1 Å². The Labute approximate surface area is 197 Å². The van der Waals surface area contributed by atoms with Crippen LogP contribution in [0.4, 0.5) is 0 Å². The second-order valence-corrected chi connectivity index (χ2v) is 8.88. The Morgan fingerprint density at radius 3 is 2.15 bits per heavy atom. The van der Waals surface area contributed by atoms with E-state index in [0.29, 0.717) is 18.1 Å². The van der Waals surface area contributed by atoms with Crippen LogP contribution >= 0.6 is 0 Å². The van der Waals surface area contributed by atoms with E-state index in [4.69, 9.17) is 4.74 Å². The molecular weight excluding hydrogens is 412 g/mol. The molecule has 1 aliphatic carbocycles. The van der Waals surface area contributed by atoms with Gasteiger partial charge in [0.15, 0.2) is 0 Å². The summed E-state index contributed by atoms with van der Waals surface area (Å²) in [6, 6.07) is 17.1. The van der Waals surface area contributed by atoms with Gasteiger partial charge in [0.05, 0.1) is 13.7 Å². The van der Waals surface area contributed by atoms with Gasteiger partial charge in [-0.15, -0.1) is 0 Å². The molecule has 174 valence electrons.